The monoisotopic (exact) mass is 338 g/mol. The molecule has 6 N–H and O–H groups in total. The number of hydrogen-bond acceptors (Lipinski definition) is 11. The van der Waals surface area contributed by atoms with Gasteiger partial charge in [0, 0.05) is 0 Å². The van der Waals surface area contributed by atoms with Crippen LogP contribution in [-0.4, -0.2) is 105 Å². The fraction of sp³-hybridized carbons (Fsp3) is 0.833. The first-order valence-corrected chi connectivity index (χ1v) is 6.81. The Morgan fingerprint density at radius 3 is 2.17 bits per heavy atom. The van der Waals surface area contributed by atoms with Gasteiger partial charge in [-0.1, -0.05) is 0 Å². The van der Waals surface area contributed by atoms with Crippen LogP contribution in [0.5, 0.6) is 0 Å². The van der Waals surface area contributed by atoms with Gasteiger partial charge >= 0.3 is 5.97 Å². The lowest BCUT2D eigenvalue weighted by atomic mass is 9.99. The topological polar surface area (TPSA) is 183 Å². The average Bonchev–Trinajstić information content (AvgIpc) is 2.79. The van der Waals surface area contributed by atoms with Gasteiger partial charge in [0.25, 0.3) is 0 Å². The molecule has 0 aliphatic carbocycles. The van der Waals surface area contributed by atoms with Gasteiger partial charge in [-0.25, -0.2) is 4.79 Å². The number of cyclic esters (lactones) is 1. The van der Waals surface area contributed by atoms with E-state index in [9.17, 15) is 35.1 Å². The minimum Gasteiger partial charge on any atom is -0.449 e. The molecule has 11 heteroatoms. The van der Waals surface area contributed by atoms with E-state index in [2.05, 4.69) is 4.74 Å². The lowest BCUT2D eigenvalue weighted by Crippen LogP contribution is -2.60. The zero-order valence-corrected chi connectivity index (χ0v) is 11.8. The molecule has 2 aliphatic rings. The van der Waals surface area contributed by atoms with Crippen molar-refractivity contribution in [2.75, 3.05) is 13.2 Å². The zero-order valence-electron chi connectivity index (χ0n) is 11.8. The zero-order chi connectivity index (χ0) is 17.3. The van der Waals surface area contributed by atoms with Gasteiger partial charge < -0.3 is 44.8 Å². The molecule has 23 heavy (non-hydrogen) atoms. The summed E-state index contributed by atoms with van der Waals surface area (Å²) >= 11 is 0. The lowest BCUT2D eigenvalue weighted by Gasteiger charge is -2.40. The van der Waals surface area contributed by atoms with E-state index in [-0.39, 0.29) is 0 Å². The van der Waals surface area contributed by atoms with Crippen LogP contribution in [0.3, 0.4) is 0 Å². The average molecular weight is 338 g/mol. The summed E-state index contributed by atoms with van der Waals surface area (Å²) in [6, 6.07) is 0. The van der Waals surface area contributed by atoms with Crippen molar-refractivity contribution in [3.05, 3.63) is 0 Å². The third kappa shape index (κ3) is 3.36. The van der Waals surface area contributed by atoms with E-state index in [4.69, 9.17) is 14.6 Å². The second-order valence-electron chi connectivity index (χ2n) is 5.22. The third-order valence-corrected chi connectivity index (χ3v) is 3.69. The fourth-order valence-corrected chi connectivity index (χ4v) is 2.34. The van der Waals surface area contributed by atoms with Crippen LogP contribution in [0.1, 0.15) is 0 Å². The number of carbonyl (C=O) groups is 2. The molecule has 2 rings (SSSR count). The van der Waals surface area contributed by atoms with E-state index >= 15 is 0 Å². The Balaban J connectivity index is 2.09. The molecule has 8 atom stereocenters. The van der Waals surface area contributed by atoms with Crippen molar-refractivity contribution in [3.63, 3.8) is 0 Å². The van der Waals surface area contributed by atoms with Gasteiger partial charge in [-0.2, -0.15) is 0 Å². The van der Waals surface area contributed by atoms with Gasteiger partial charge in [0.05, 0.1) is 13.2 Å². The Labute approximate surface area is 129 Å². The van der Waals surface area contributed by atoms with Gasteiger partial charge in [-0.3, -0.25) is 4.79 Å². The van der Waals surface area contributed by atoms with E-state index in [0.717, 1.165) is 0 Å². The lowest BCUT2D eigenvalue weighted by molar-refractivity contribution is -0.317. The Bertz CT molecular complexity index is 452. The Morgan fingerprint density at radius 1 is 1.04 bits per heavy atom. The van der Waals surface area contributed by atoms with Crippen LogP contribution >= 0.6 is 0 Å². The minimum absolute atomic E-state index is 0.690. The quantitative estimate of drug-likeness (QED) is 0.208. The molecule has 0 aromatic heterocycles. The van der Waals surface area contributed by atoms with Crippen molar-refractivity contribution in [2.24, 2.45) is 0 Å². The largest absolute Gasteiger partial charge is 0.449 e. The van der Waals surface area contributed by atoms with Crippen LogP contribution in [0.2, 0.25) is 0 Å². The second-order valence-corrected chi connectivity index (χ2v) is 5.22. The fourth-order valence-electron chi connectivity index (χ4n) is 2.34. The first-order chi connectivity index (χ1) is 10.8. The molecule has 2 fully saturated rings. The number of Topliss-reactive ketones (excluding diaryl/α,β-unsaturated/α-hetero) is 1. The molecule has 2 aliphatic heterocycles. The number of ketones is 1. The number of aliphatic hydroxyl groups excluding tert-OH is 6. The standard InChI is InChI=1S/C12H18O11/c13-1-3-5(15)6(16)9(19)12(21-3)22-4(2-14)10-7(17)8(18)11(20)23-10/h3-6,8-10,12-16,18-19H,1-2H2. The van der Waals surface area contributed by atoms with Crippen LogP contribution in [0.25, 0.3) is 0 Å². The highest BCUT2D eigenvalue weighted by molar-refractivity contribution is 6.09. The van der Waals surface area contributed by atoms with Gasteiger partial charge in [-0.15, -0.1) is 0 Å². The summed E-state index contributed by atoms with van der Waals surface area (Å²) in [6.07, 6.45) is -13.0. The first-order valence-electron chi connectivity index (χ1n) is 6.81. The molecule has 0 aromatic rings. The molecule has 0 saturated carbocycles. The molecule has 11 nitrogen and oxygen atoms in total. The van der Waals surface area contributed by atoms with E-state index in [1.54, 1.807) is 0 Å². The SMILES string of the molecule is O=C1OC(C(CO)OC2OC(CO)C(O)C(O)C2O)C(=O)C1O. The number of carbonyl (C=O) groups excluding carboxylic acids is 2. The maximum Gasteiger partial charge on any atom is 0.343 e. The highest BCUT2D eigenvalue weighted by atomic mass is 16.7. The maximum atomic E-state index is 11.7. The normalized spacial score (nSPS) is 42.6. The van der Waals surface area contributed by atoms with Gasteiger partial charge in [0.1, 0.15) is 30.5 Å². The van der Waals surface area contributed by atoms with Crippen molar-refractivity contribution in [3.8, 4) is 0 Å². The Kier molecular flexibility index (Phi) is 5.65. The molecule has 8 unspecified atom stereocenters. The highest BCUT2D eigenvalue weighted by Gasteiger charge is 2.50. The van der Waals surface area contributed by atoms with Gasteiger partial charge in [0.2, 0.25) is 11.9 Å². The molecule has 0 radical (unpaired) electrons. The molecular formula is C12H18O11. The molecule has 2 saturated heterocycles. The predicted octanol–water partition coefficient (Wildman–Crippen LogP) is -4.98. The Morgan fingerprint density at radius 2 is 1.70 bits per heavy atom. The molecule has 0 aromatic carbocycles. The molecule has 0 spiro atoms. The van der Waals surface area contributed by atoms with Crippen LogP contribution < -0.4 is 0 Å². The van der Waals surface area contributed by atoms with Crippen LogP contribution in [0, 0.1) is 0 Å². The van der Waals surface area contributed by atoms with Crippen molar-refractivity contribution in [1.29, 1.82) is 0 Å². The highest BCUT2D eigenvalue weighted by Crippen LogP contribution is 2.25. The number of esters is 1. The van der Waals surface area contributed by atoms with Crippen molar-refractivity contribution in [1.82, 2.24) is 0 Å². The number of aliphatic hydroxyl groups is 6. The molecular weight excluding hydrogens is 320 g/mol. The van der Waals surface area contributed by atoms with Crippen LogP contribution in [0.4, 0.5) is 0 Å². The summed E-state index contributed by atoms with van der Waals surface area (Å²) in [6.45, 7) is -1.52. The van der Waals surface area contributed by atoms with E-state index in [1.807, 2.05) is 0 Å². The number of hydrogen-bond donors (Lipinski definition) is 6. The summed E-state index contributed by atoms with van der Waals surface area (Å²) in [5.74, 6) is -2.23. The van der Waals surface area contributed by atoms with Gasteiger partial charge in [-0.05, 0) is 0 Å². The van der Waals surface area contributed by atoms with E-state index in [1.165, 1.54) is 0 Å². The second kappa shape index (κ2) is 7.15. The van der Waals surface area contributed by atoms with Crippen molar-refractivity contribution in [2.45, 2.75) is 49.0 Å². The summed E-state index contributed by atoms with van der Waals surface area (Å²) < 4.78 is 14.8. The number of rotatable bonds is 5. The van der Waals surface area contributed by atoms with E-state index in [0.29, 0.717) is 0 Å². The minimum atomic E-state index is -1.99. The molecule has 0 bridgehead atoms. The molecule has 132 valence electrons. The number of ether oxygens (including phenoxy) is 3. The van der Waals surface area contributed by atoms with Crippen molar-refractivity contribution >= 4 is 11.8 Å². The summed E-state index contributed by atoms with van der Waals surface area (Å²) in [5, 5.41) is 56.7. The van der Waals surface area contributed by atoms with Crippen molar-refractivity contribution < 1.29 is 54.4 Å². The summed E-state index contributed by atoms with van der Waals surface area (Å²) in [4.78, 5) is 22.8. The predicted molar refractivity (Wildman–Crippen MR) is 66.6 cm³/mol. The van der Waals surface area contributed by atoms with Crippen LogP contribution in [-0.2, 0) is 23.8 Å². The first kappa shape index (κ1) is 18.2. The van der Waals surface area contributed by atoms with E-state index < -0.39 is 74.0 Å². The summed E-state index contributed by atoms with van der Waals surface area (Å²) in [7, 11) is 0. The third-order valence-electron chi connectivity index (χ3n) is 3.69. The molecule has 2 heterocycles. The maximum absolute atomic E-state index is 11.7. The smallest absolute Gasteiger partial charge is 0.343 e. The van der Waals surface area contributed by atoms with Crippen LogP contribution in [0.15, 0.2) is 0 Å². The molecule has 0 amide bonds. The van der Waals surface area contributed by atoms with Gasteiger partial charge in [0.15, 0.2) is 12.4 Å². The summed E-state index contributed by atoms with van der Waals surface area (Å²) in [5.41, 5.74) is 0. The Hall–Kier alpha value is -1.18.